The standard InChI is InChI=1S/C13H26N4S/c1-10(2)17-7-6-11(16-17)8-12(15-14)9-18-13(3,4)5/h6-7,10,12,15H,8-9,14H2,1-5H3. The van der Waals surface area contributed by atoms with Crippen LogP contribution in [0.2, 0.25) is 0 Å². The Balaban J connectivity index is 2.51. The molecule has 0 aliphatic carbocycles. The highest BCUT2D eigenvalue weighted by molar-refractivity contribution is 8.00. The minimum atomic E-state index is 0.268. The number of aromatic nitrogens is 2. The number of nitrogens with two attached hydrogens (primary N) is 1. The van der Waals surface area contributed by atoms with Gasteiger partial charge in [-0.3, -0.25) is 16.0 Å². The number of hydrogen-bond donors (Lipinski definition) is 2. The molecule has 1 atom stereocenters. The summed E-state index contributed by atoms with van der Waals surface area (Å²) in [4.78, 5) is 0. The van der Waals surface area contributed by atoms with E-state index in [4.69, 9.17) is 5.84 Å². The molecule has 0 amide bonds. The van der Waals surface area contributed by atoms with Crippen LogP contribution in [0.3, 0.4) is 0 Å². The molecular weight excluding hydrogens is 244 g/mol. The van der Waals surface area contributed by atoms with Gasteiger partial charge in [0, 0.05) is 35.2 Å². The summed E-state index contributed by atoms with van der Waals surface area (Å²) in [6.45, 7) is 10.9. The Morgan fingerprint density at radius 1 is 1.44 bits per heavy atom. The molecule has 1 heterocycles. The molecule has 18 heavy (non-hydrogen) atoms. The minimum absolute atomic E-state index is 0.268. The molecule has 4 nitrogen and oxygen atoms in total. The van der Waals surface area contributed by atoms with Crippen LogP contribution in [-0.2, 0) is 6.42 Å². The highest BCUT2D eigenvalue weighted by atomic mass is 32.2. The summed E-state index contributed by atoms with van der Waals surface area (Å²) < 4.78 is 2.26. The van der Waals surface area contributed by atoms with Crippen molar-refractivity contribution in [2.45, 2.75) is 57.9 Å². The van der Waals surface area contributed by atoms with Gasteiger partial charge < -0.3 is 0 Å². The molecule has 0 saturated carbocycles. The van der Waals surface area contributed by atoms with Gasteiger partial charge in [-0.25, -0.2) is 0 Å². The van der Waals surface area contributed by atoms with Gasteiger partial charge in [0.25, 0.3) is 0 Å². The minimum Gasteiger partial charge on any atom is -0.271 e. The fourth-order valence-corrected chi connectivity index (χ4v) is 2.46. The maximum absolute atomic E-state index is 5.62. The average molecular weight is 270 g/mol. The van der Waals surface area contributed by atoms with Crippen molar-refractivity contribution < 1.29 is 0 Å². The van der Waals surface area contributed by atoms with Crippen molar-refractivity contribution in [1.29, 1.82) is 0 Å². The van der Waals surface area contributed by atoms with Crippen LogP contribution in [0.25, 0.3) is 0 Å². The Morgan fingerprint density at radius 2 is 2.11 bits per heavy atom. The van der Waals surface area contributed by atoms with Gasteiger partial charge >= 0.3 is 0 Å². The van der Waals surface area contributed by atoms with Crippen LogP contribution in [0.4, 0.5) is 0 Å². The first kappa shape index (κ1) is 15.5. The molecule has 5 heteroatoms. The second-order valence-electron chi connectivity index (χ2n) is 5.87. The molecule has 0 saturated heterocycles. The van der Waals surface area contributed by atoms with Crippen molar-refractivity contribution in [2.24, 2.45) is 5.84 Å². The van der Waals surface area contributed by atoms with Crippen molar-refractivity contribution in [2.75, 3.05) is 5.75 Å². The summed E-state index contributed by atoms with van der Waals surface area (Å²) in [5, 5.41) is 4.55. The van der Waals surface area contributed by atoms with Crippen molar-refractivity contribution in [1.82, 2.24) is 15.2 Å². The third-order valence-electron chi connectivity index (χ3n) is 2.60. The van der Waals surface area contributed by atoms with Crippen LogP contribution in [0.15, 0.2) is 12.3 Å². The maximum atomic E-state index is 5.62. The second kappa shape index (κ2) is 6.59. The molecule has 0 aromatic carbocycles. The molecule has 0 aliphatic heterocycles. The SMILES string of the molecule is CC(C)n1ccc(CC(CSC(C)(C)C)NN)n1. The molecular formula is C13H26N4S. The Labute approximate surface area is 115 Å². The van der Waals surface area contributed by atoms with Crippen LogP contribution >= 0.6 is 11.8 Å². The summed E-state index contributed by atoms with van der Waals surface area (Å²) in [6.07, 6.45) is 2.91. The van der Waals surface area contributed by atoms with Gasteiger partial charge in [-0.2, -0.15) is 16.9 Å². The monoisotopic (exact) mass is 270 g/mol. The maximum Gasteiger partial charge on any atom is 0.0641 e. The lowest BCUT2D eigenvalue weighted by Crippen LogP contribution is -2.39. The summed E-state index contributed by atoms with van der Waals surface area (Å²) >= 11 is 1.92. The van der Waals surface area contributed by atoms with Gasteiger partial charge in [0.1, 0.15) is 0 Å². The van der Waals surface area contributed by atoms with E-state index in [0.29, 0.717) is 6.04 Å². The summed E-state index contributed by atoms with van der Waals surface area (Å²) in [5.41, 5.74) is 3.99. The Morgan fingerprint density at radius 3 is 2.56 bits per heavy atom. The Bertz CT molecular complexity index is 354. The number of nitrogens with one attached hydrogen (secondary N) is 1. The number of thioether (sulfide) groups is 1. The molecule has 1 aromatic heterocycles. The lowest BCUT2D eigenvalue weighted by molar-refractivity contribution is 0.513. The molecule has 3 N–H and O–H groups in total. The molecule has 1 unspecified atom stereocenters. The zero-order valence-corrected chi connectivity index (χ0v) is 12.9. The van der Waals surface area contributed by atoms with Gasteiger partial charge in [-0.05, 0) is 19.9 Å². The normalized spacial score (nSPS) is 14.2. The number of hydrogen-bond acceptors (Lipinski definition) is 4. The Hall–Kier alpha value is -0.520. The molecule has 0 spiro atoms. The number of rotatable bonds is 6. The van der Waals surface area contributed by atoms with Gasteiger partial charge in [-0.1, -0.05) is 20.8 Å². The second-order valence-corrected chi connectivity index (χ2v) is 7.72. The highest BCUT2D eigenvalue weighted by Gasteiger charge is 2.16. The summed E-state index contributed by atoms with van der Waals surface area (Å²) in [5.74, 6) is 6.61. The van der Waals surface area contributed by atoms with Crippen molar-refractivity contribution in [3.05, 3.63) is 18.0 Å². The first-order chi connectivity index (χ1) is 8.31. The zero-order valence-electron chi connectivity index (χ0n) is 12.1. The van der Waals surface area contributed by atoms with Gasteiger partial charge in [-0.15, -0.1) is 0 Å². The molecule has 104 valence electrons. The van der Waals surface area contributed by atoms with Crippen molar-refractivity contribution in [3.63, 3.8) is 0 Å². The van der Waals surface area contributed by atoms with E-state index in [2.05, 4.69) is 51.2 Å². The van der Waals surface area contributed by atoms with E-state index in [1.54, 1.807) is 0 Å². The van der Waals surface area contributed by atoms with Crippen molar-refractivity contribution >= 4 is 11.8 Å². The van der Waals surface area contributed by atoms with E-state index in [1.807, 2.05) is 22.6 Å². The highest BCUT2D eigenvalue weighted by Crippen LogP contribution is 2.24. The van der Waals surface area contributed by atoms with Gasteiger partial charge in [0.15, 0.2) is 0 Å². The van der Waals surface area contributed by atoms with Crippen molar-refractivity contribution in [3.8, 4) is 0 Å². The summed E-state index contributed by atoms with van der Waals surface area (Å²) in [7, 11) is 0. The molecule has 0 bridgehead atoms. The lowest BCUT2D eigenvalue weighted by atomic mass is 10.2. The fourth-order valence-electron chi connectivity index (χ4n) is 1.54. The third kappa shape index (κ3) is 5.42. The largest absolute Gasteiger partial charge is 0.271 e. The number of nitrogens with zero attached hydrogens (tertiary/aromatic N) is 2. The van der Waals surface area contributed by atoms with E-state index < -0.39 is 0 Å². The lowest BCUT2D eigenvalue weighted by Gasteiger charge is -2.22. The van der Waals surface area contributed by atoms with Crippen LogP contribution in [0, 0.1) is 0 Å². The van der Waals surface area contributed by atoms with E-state index in [9.17, 15) is 0 Å². The molecule has 1 aromatic rings. The van der Waals surface area contributed by atoms with Gasteiger partial charge in [0.05, 0.1) is 5.69 Å². The first-order valence-electron chi connectivity index (χ1n) is 6.46. The number of hydrazine groups is 1. The zero-order chi connectivity index (χ0) is 13.8. The average Bonchev–Trinajstić information content (AvgIpc) is 2.71. The smallest absolute Gasteiger partial charge is 0.0641 e. The molecule has 1 rings (SSSR count). The topological polar surface area (TPSA) is 55.9 Å². The van der Waals surface area contributed by atoms with Gasteiger partial charge in [0.2, 0.25) is 0 Å². The van der Waals surface area contributed by atoms with Crippen LogP contribution < -0.4 is 11.3 Å². The molecule has 0 fully saturated rings. The Kier molecular flexibility index (Phi) is 5.69. The van der Waals surface area contributed by atoms with E-state index >= 15 is 0 Å². The fraction of sp³-hybridized carbons (Fsp3) is 0.769. The first-order valence-corrected chi connectivity index (χ1v) is 7.44. The van der Waals surface area contributed by atoms with E-state index in [1.165, 1.54) is 0 Å². The third-order valence-corrected chi connectivity index (χ3v) is 4.04. The molecule has 0 aliphatic rings. The van der Waals surface area contributed by atoms with E-state index in [-0.39, 0.29) is 10.8 Å². The summed E-state index contributed by atoms with van der Waals surface area (Å²) in [6, 6.07) is 2.75. The van der Waals surface area contributed by atoms with Crippen LogP contribution in [-0.4, -0.2) is 26.3 Å². The predicted octanol–water partition coefficient (Wildman–Crippen LogP) is 2.37. The molecule has 0 radical (unpaired) electrons. The van der Waals surface area contributed by atoms with Crippen LogP contribution in [0.5, 0.6) is 0 Å². The predicted molar refractivity (Wildman–Crippen MR) is 79.6 cm³/mol. The van der Waals surface area contributed by atoms with E-state index in [0.717, 1.165) is 17.9 Å². The quantitative estimate of drug-likeness (QED) is 0.615. The van der Waals surface area contributed by atoms with Crippen LogP contribution in [0.1, 0.15) is 46.4 Å².